The van der Waals surface area contributed by atoms with E-state index in [0.717, 1.165) is 9.13 Å². The molecule has 0 heterocycles. The van der Waals surface area contributed by atoms with E-state index in [1.807, 2.05) is 31.2 Å². The Morgan fingerprint density at radius 2 is 2.08 bits per heavy atom. The number of hydrogen-bond donors (Lipinski definition) is 2. The molecule has 72 valence electrons. The Hall–Kier alpha value is -0.130. The summed E-state index contributed by atoms with van der Waals surface area (Å²) in [6, 6.07) is 7.54. The highest BCUT2D eigenvalue weighted by Crippen LogP contribution is 2.20. The topological polar surface area (TPSA) is 40.5 Å². The standard InChI is InChI=1S/C10H13IO2/c1-2-9(12)10(13)7-4-3-5-8(11)6-7/h3-6,9-10,12-13H,2H2,1H3/t9?,10-/m1/s1. The van der Waals surface area contributed by atoms with Gasteiger partial charge >= 0.3 is 0 Å². The lowest BCUT2D eigenvalue weighted by Crippen LogP contribution is -2.16. The van der Waals surface area contributed by atoms with E-state index < -0.39 is 12.2 Å². The van der Waals surface area contributed by atoms with Crippen LogP contribution in [0.3, 0.4) is 0 Å². The van der Waals surface area contributed by atoms with Gasteiger partial charge in [0.2, 0.25) is 0 Å². The van der Waals surface area contributed by atoms with Gasteiger partial charge in [-0.25, -0.2) is 0 Å². The average Bonchev–Trinajstić information content (AvgIpc) is 2.15. The molecule has 0 spiro atoms. The van der Waals surface area contributed by atoms with Crippen LogP contribution in [-0.4, -0.2) is 16.3 Å². The zero-order chi connectivity index (χ0) is 9.84. The highest BCUT2D eigenvalue weighted by atomic mass is 127. The van der Waals surface area contributed by atoms with Crippen LogP contribution >= 0.6 is 22.6 Å². The number of benzene rings is 1. The summed E-state index contributed by atoms with van der Waals surface area (Å²) in [4.78, 5) is 0. The van der Waals surface area contributed by atoms with Crippen LogP contribution in [0.4, 0.5) is 0 Å². The van der Waals surface area contributed by atoms with Crippen molar-refractivity contribution in [2.45, 2.75) is 25.6 Å². The Kier molecular flexibility index (Phi) is 4.15. The van der Waals surface area contributed by atoms with E-state index >= 15 is 0 Å². The SMILES string of the molecule is CCC(O)[C@H](O)c1cccc(I)c1. The number of rotatable bonds is 3. The molecule has 1 rings (SSSR count). The maximum Gasteiger partial charge on any atom is 0.105 e. The van der Waals surface area contributed by atoms with Crippen molar-refractivity contribution in [3.05, 3.63) is 33.4 Å². The minimum Gasteiger partial charge on any atom is -0.390 e. The average molecular weight is 292 g/mol. The molecule has 1 aromatic carbocycles. The second-order valence-corrected chi connectivity index (χ2v) is 4.22. The van der Waals surface area contributed by atoms with Gasteiger partial charge in [-0.15, -0.1) is 0 Å². The second-order valence-electron chi connectivity index (χ2n) is 2.98. The van der Waals surface area contributed by atoms with E-state index in [1.54, 1.807) is 0 Å². The predicted molar refractivity (Wildman–Crippen MR) is 60.4 cm³/mol. The van der Waals surface area contributed by atoms with Gasteiger partial charge in [-0.3, -0.25) is 0 Å². The Bertz CT molecular complexity index is 275. The molecular formula is C10H13IO2. The van der Waals surface area contributed by atoms with Crippen LogP contribution in [0.2, 0.25) is 0 Å². The summed E-state index contributed by atoms with van der Waals surface area (Å²) >= 11 is 2.18. The molecule has 13 heavy (non-hydrogen) atoms. The third-order valence-corrected chi connectivity index (χ3v) is 2.64. The number of aliphatic hydroxyl groups is 2. The molecule has 0 aliphatic rings. The van der Waals surface area contributed by atoms with Crippen molar-refractivity contribution in [2.24, 2.45) is 0 Å². The van der Waals surface area contributed by atoms with Crippen molar-refractivity contribution in [3.8, 4) is 0 Å². The van der Waals surface area contributed by atoms with Crippen LogP contribution in [0.1, 0.15) is 25.0 Å². The van der Waals surface area contributed by atoms with Crippen molar-refractivity contribution in [3.63, 3.8) is 0 Å². The molecule has 0 fully saturated rings. The smallest absolute Gasteiger partial charge is 0.105 e. The molecule has 0 aliphatic carbocycles. The van der Waals surface area contributed by atoms with Gasteiger partial charge in [0.25, 0.3) is 0 Å². The van der Waals surface area contributed by atoms with E-state index in [9.17, 15) is 10.2 Å². The van der Waals surface area contributed by atoms with Crippen molar-refractivity contribution >= 4 is 22.6 Å². The number of halogens is 1. The molecule has 0 radical (unpaired) electrons. The summed E-state index contributed by atoms with van der Waals surface area (Å²) in [5, 5.41) is 19.1. The number of hydrogen-bond acceptors (Lipinski definition) is 2. The lowest BCUT2D eigenvalue weighted by atomic mass is 10.0. The minimum atomic E-state index is -0.764. The molecule has 2 atom stereocenters. The van der Waals surface area contributed by atoms with Gasteiger partial charge < -0.3 is 10.2 Å². The molecule has 0 aromatic heterocycles. The van der Waals surface area contributed by atoms with Gasteiger partial charge in [-0.1, -0.05) is 19.1 Å². The van der Waals surface area contributed by atoms with Crippen LogP contribution < -0.4 is 0 Å². The Morgan fingerprint density at radius 3 is 2.62 bits per heavy atom. The van der Waals surface area contributed by atoms with Crippen LogP contribution in [0, 0.1) is 3.57 Å². The Labute approximate surface area is 91.7 Å². The molecule has 1 aromatic rings. The maximum absolute atomic E-state index is 9.66. The summed E-state index contributed by atoms with van der Waals surface area (Å²) in [6.45, 7) is 1.85. The van der Waals surface area contributed by atoms with E-state index in [0.29, 0.717) is 6.42 Å². The summed E-state index contributed by atoms with van der Waals surface area (Å²) in [6.07, 6.45) is -0.870. The van der Waals surface area contributed by atoms with Crippen LogP contribution in [-0.2, 0) is 0 Å². The normalized spacial score (nSPS) is 15.4. The van der Waals surface area contributed by atoms with E-state index in [4.69, 9.17) is 0 Å². The van der Waals surface area contributed by atoms with Crippen LogP contribution in [0.15, 0.2) is 24.3 Å². The monoisotopic (exact) mass is 292 g/mol. The zero-order valence-corrected chi connectivity index (χ0v) is 9.60. The van der Waals surface area contributed by atoms with Crippen molar-refractivity contribution in [1.29, 1.82) is 0 Å². The van der Waals surface area contributed by atoms with Crippen molar-refractivity contribution in [2.75, 3.05) is 0 Å². The zero-order valence-electron chi connectivity index (χ0n) is 7.44. The molecular weight excluding hydrogens is 279 g/mol. The maximum atomic E-state index is 9.66. The largest absolute Gasteiger partial charge is 0.390 e. The fraction of sp³-hybridized carbons (Fsp3) is 0.400. The molecule has 1 unspecified atom stereocenters. The molecule has 0 bridgehead atoms. The first-order chi connectivity index (χ1) is 6.15. The molecule has 2 N–H and O–H groups in total. The quantitative estimate of drug-likeness (QED) is 0.838. The predicted octanol–water partition coefficient (Wildman–Crippen LogP) is 2.10. The highest BCUT2D eigenvalue weighted by Gasteiger charge is 2.15. The number of aliphatic hydroxyl groups excluding tert-OH is 2. The first-order valence-corrected chi connectivity index (χ1v) is 5.34. The van der Waals surface area contributed by atoms with Gasteiger partial charge in [0.15, 0.2) is 0 Å². The first-order valence-electron chi connectivity index (χ1n) is 4.26. The fourth-order valence-corrected chi connectivity index (χ4v) is 1.70. The Morgan fingerprint density at radius 1 is 1.38 bits per heavy atom. The summed E-state index contributed by atoms with van der Waals surface area (Å²) in [7, 11) is 0. The third-order valence-electron chi connectivity index (χ3n) is 1.97. The molecule has 3 heteroatoms. The molecule has 0 saturated carbocycles. The van der Waals surface area contributed by atoms with Crippen LogP contribution in [0.25, 0.3) is 0 Å². The van der Waals surface area contributed by atoms with Gasteiger partial charge in [0.1, 0.15) is 6.10 Å². The van der Waals surface area contributed by atoms with Gasteiger partial charge in [-0.2, -0.15) is 0 Å². The first kappa shape index (κ1) is 10.9. The summed E-state index contributed by atoms with van der Waals surface area (Å²) in [5.74, 6) is 0. The van der Waals surface area contributed by atoms with Crippen LogP contribution in [0.5, 0.6) is 0 Å². The lowest BCUT2D eigenvalue weighted by molar-refractivity contribution is 0.0164. The minimum absolute atomic E-state index is 0.562. The van der Waals surface area contributed by atoms with Gasteiger partial charge in [-0.05, 0) is 46.7 Å². The second kappa shape index (κ2) is 4.93. The molecule has 0 aliphatic heterocycles. The van der Waals surface area contributed by atoms with E-state index in [1.165, 1.54) is 0 Å². The van der Waals surface area contributed by atoms with Crippen molar-refractivity contribution < 1.29 is 10.2 Å². The van der Waals surface area contributed by atoms with Gasteiger partial charge in [0, 0.05) is 3.57 Å². The Balaban J connectivity index is 2.82. The summed E-state index contributed by atoms with van der Waals surface area (Å²) in [5.41, 5.74) is 0.779. The fourth-order valence-electron chi connectivity index (χ4n) is 1.14. The van der Waals surface area contributed by atoms with Gasteiger partial charge in [0.05, 0.1) is 6.10 Å². The van der Waals surface area contributed by atoms with E-state index in [-0.39, 0.29) is 0 Å². The molecule has 0 saturated heterocycles. The molecule has 2 nitrogen and oxygen atoms in total. The highest BCUT2D eigenvalue weighted by molar-refractivity contribution is 14.1. The van der Waals surface area contributed by atoms with Crippen molar-refractivity contribution in [1.82, 2.24) is 0 Å². The third kappa shape index (κ3) is 2.93. The van der Waals surface area contributed by atoms with E-state index in [2.05, 4.69) is 22.6 Å². The molecule has 0 amide bonds. The lowest BCUT2D eigenvalue weighted by Gasteiger charge is -2.16. The summed E-state index contributed by atoms with van der Waals surface area (Å²) < 4.78 is 1.07.